The Labute approximate surface area is 106 Å². The molecule has 1 saturated heterocycles. The van der Waals surface area contributed by atoms with Crippen molar-refractivity contribution in [2.75, 3.05) is 25.6 Å². The highest BCUT2D eigenvalue weighted by atomic mass is 16.5. The molecule has 98 valence electrons. The van der Waals surface area contributed by atoms with Gasteiger partial charge in [-0.25, -0.2) is 4.79 Å². The van der Waals surface area contributed by atoms with Gasteiger partial charge in [0.2, 0.25) is 0 Å². The van der Waals surface area contributed by atoms with Crippen LogP contribution in [0.2, 0.25) is 0 Å². The van der Waals surface area contributed by atoms with Crippen LogP contribution in [0.5, 0.6) is 0 Å². The number of aromatic nitrogens is 2. The normalized spacial score (nSPS) is 20.4. The van der Waals surface area contributed by atoms with Crippen molar-refractivity contribution in [3.8, 4) is 0 Å². The van der Waals surface area contributed by atoms with Crippen molar-refractivity contribution < 1.29 is 14.3 Å². The van der Waals surface area contributed by atoms with Gasteiger partial charge in [0.25, 0.3) is 0 Å². The van der Waals surface area contributed by atoms with E-state index in [1.54, 1.807) is 12.1 Å². The number of esters is 1. The highest BCUT2D eigenvalue weighted by Gasteiger charge is 2.22. The van der Waals surface area contributed by atoms with Gasteiger partial charge in [-0.3, -0.25) is 0 Å². The molecule has 2 atom stereocenters. The molecular weight excluding hydrogens is 234 g/mol. The lowest BCUT2D eigenvalue weighted by Crippen LogP contribution is -2.26. The first-order chi connectivity index (χ1) is 8.70. The molecule has 6 nitrogen and oxygen atoms in total. The molecule has 0 aliphatic carbocycles. The van der Waals surface area contributed by atoms with Crippen molar-refractivity contribution in [3.63, 3.8) is 0 Å². The Morgan fingerprint density at radius 2 is 2.39 bits per heavy atom. The molecule has 0 aromatic carbocycles. The number of nitrogens with one attached hydrogen (secondary N) is 1. The van der Waals surface area contributed by atoms with Crippen molar-refractivity contribution in [2.24, 2.45) is 5.92 Å². The second-order valence-corrected chi connectivity index (χ2v) is 4.35. The Balaban J connectivity index is 1.95. The zero-order chi connectivity index (χ0) is 13.0. The molecule has 18 heavy (non-hydrogen) atoms. The molecule has 2 unspecified atom stereocenters. The highest BCUT2D eigenvalue weighted by molar-refractivity contribution is 5.86. The van der Waals surface area contributed by atoms with E-state index in [0.717, 1.165) is 19.6 Å². The lowest BCUT2D eigenvalue weighted by Gasteiger charge is -2.19. The first kappa shape index (κ1) is 12.8. The van der Waals surface area contributed by atoms with E-state index in [1.807, 2.05) is 0 Å². The van der Waals surface area contributed by atoms with E-state index in [1.165, 1.54) is 7.11 Å². The lowest BCUT2D eigenvalue weighted by atomic mass is 10.0. The summed E-state index contributed by atoms with van der Waals surface area (Å²) >= 11 is 0. The summed E-state index contributed by atoms with van der Waals surface area (Å²) in [4.78, 5) is 11.2. The van der Waals surface area contributed by atoms with Gasteiger partial charge in [0.05, 0.1) is 13.7 Å². The van der Waals surface area contributed by atoms with Gasteiger partial charge in [0.1, 0.15) is 5.82 Å². The highest BCUT2D eigenvalue weighted by Crippen LogP contribution is 2.19. The molecule has 1 N–H and O–H groups in total. The summed E-state index contributed by atoms with van der Waals surface area (Å²) < 4.78 is 9.90. The van der Waals surface area contributed by atoms with Crippen molar-refractivity contribution in [1.29, 1.82) is 0 Å². The summed E-state index contributed by atoms with van der Waals surface area (Å²) in [7, 11) is 1.32. The maximum absolute atomic E-state index is 11.2. The topological polar surface area (TPSA) is 73.3 Å². The van der Waals surface area contributed by atoms with E-state index in [-0.39, 0.29) is 11.7 Å². The second-order valence-electron chi connectivity index (χ2n) is 4.35. The molecule has 0 amide bonds. The lowest BCUT2D eigenvalue weighted by molar-refractivity contribution is 0.0593. The Morgan fingerprint density at radius 3 is 2.94 bits per heavy atom. The monoisotopic (exact) mass is 251 g/mol. The van der Waals surface area contributed by atoms with Gasteiger partial charge in [-0.05, 0) is 25.5 Å². The van der Waals surface area contributed by atoms with Crippen LogP contribution in [-0.4, -0.2) is 42.5 Å². The molecule has 0 radical (unpaired) electrons. The molecule has 1 aromatic heterocycles. The number of hydrogen-bond acceptors (Lipinski definition) is 6. The fourth-order valence-corrected chi connectivity index (χ4v) is 1.92. The van der Waals surface area contributed by atoms with E-state index in [4.69, 9.17) is 4.74 Å². The van der Waals surface area contributed by atoms with Crippen molar-refractivity contribution in [3.05, 3.63) is 17.8 Å². The van der Waals surface area contributed by atoms with Crippen LogP contribution < -0.4 is 5.32 Å². The molecule has 2 heterocycles. The molecule has 6 heteroatoms. The number of rotatable bonds is 4. The van der Waals surface area contributed by atoms with Crippen LogP contribution in [0.3, 0.4) is 0 Å². The summed E-state index contributed by atoms with van der Waals surface area (Å²) in [5.74, 6) is 0.667. The van der Waals surface area contributed by atoms with Gasteiger partial charge in [-0.2, -0.15) is 0 Å². The zero-order valence-corrected chi connectivity index (χ0v) is 10.5. The van der Waals surface area contributed by atoms with Crippen LogP contribution in [0.15, 0.2) is 12.1 Å². The van der Waals surface area contributed by atoms with Crippen LogP contribution in [0.4, 0.5) is 5.82 Å². The average Bonchev–Trinajstić information content (AvgIpc) is 2.92. The SMILES string of the molecule is COC(=O)c1ccc(NC(C)C2CCOC2)nn1. The minimum Gasteiger partial charge on any atom is -0.464 e. The predicted octanol–water partition coefficient (Wildman–Crippen LogP) is 1.10. The Morgan fingerprint density at radius 1 is 1.56 bits per heavy atom. The number of carbonyl (C=O) groups excluding carboxylic acids is 1. The van der Waals surface area contributed by atoms with Crippen molar-refractivity contribution in [2.45, 2.75) is 19.4 Å². The number of nitrogens with zero attached hydrogens (tertiary/aromatic N) is 2. The smallest absolute Gasteiger partial charge is 0.358 e. The van der Waals surface area contributed by atoms with E-state index in [0.29, 0.717) is 11.7 Å². The summed E-state index contributed by atoms with van der Waals surface area (Å²) in [6, 6.07) is 3.59. The zero-order valence-electron chi connectivity index (χ0n) is 10.5. The predicted molar refractivity (Wildman–Crippen MR) is 65.4 cm³/mol. The fourth-order valence-electron chi connectivity index (χ4n) is 1.92. The van der Waals surface area contributed by atoms with Gasteiger partial charge >= 0.3 is 5.97 Å². The summed E-state index contributed by atoms with van der Waals surface area (Å²) in [6.07, 6.45) is 1.06. The van der Waals surface area contributed by atoms with Gasteiger partial charge in [-0.1, -0.05) is 0 Å². The summed E-state index contributed by atoms with van der Waals surface area (Å²) in [5.41, 5.74) is 0.208. The fraction of sp³-hybridized carbons (Fsp3) is 0.583. The number of ether oxygens (including phenoxy) is 2. The van der Waals surface area contributed by atoms with Crippen LogP contribution in [0.25, 0.3) is 0 Å². The number of hydrogen-bond donors (Lipinski definition) is 1. The van der Waals surface area contributed by atoms with Crippen LogP contribution in [0.1, 0.15) is 23.8 Å². The molecule has 1 aliphatic rings. The third-order valence-electron chi connectivity index (χ3n) is 3.11. The Kier molecular flexibility index (Phi) is 4.09. The third-order valence-corrected chi connectivity index (χ3v) is 3.11. The molecule has 1 aliphatic heterocycles. The average molecular weight is 251 g/mol. The Bertz CT molecular complexity index is 402. The van der Waals surface area contributed by atoms with E-state index in [2.05, 4.69) is 27.2 Å². The van der Waals surface area contributed by atoms with Crippen molar-refractivity contribution >= 4 is 11.8 Å². The van der Waals surface area contributed by atoms with Crippen molar-refractivity contribution in [1.82, 2.24) is 10.2 Å². The molecule has 1 aromatic rings. The molecular formula is C12H17N3O3. The minimum absolute atomic E-state index is 0.208. The number of carbonyl (C=O) groups is 1. The standard InChI is InChI=1S/C12H17N3O3/c1-8(9-5-6-18-7-9)13-11-4-3-10(14-15-11)12(16)17-2/h3-4,8-9H,5-7H2,1-2H3,(H,13,15). The third kappa shape index (κ3) is 2.95. The maximum atomic E-state index is 11.2. The van der Waals surface area contributed by atoms with Gasteiger partial charge < -0.3 is 14.8 Å². The summed E-state index contributed by atoms with van der Waals surface area (Å²) in [5, 5.41) is 11.0. The van der Waals surface area contributed by atoms with Crippen LogP contribution in [0, 0.1) is 5.92 Å². The number of anilines is 1. The van der Waals surface area contributed by atoms with E-state index in [9.17, 15) is 4.79 Å². The van der Waals surface area contributed by atoms with E-state index >= 15 is 0 Å². The molecule has 0 spiro atoms. The Hall–Kier alpha value is -1.69. The largest absolute Gasteiger partial charge is 0.464 e. The first-order valence-electron chi connectivity index (χ1n) is 5.97. The van der Waals surface area contributed by atoms with Gasteiger partial charge in [-0.15, -0.1) is 10.2 Å². The second kappa shape index (κ2) is 5.77. The first-order valence-corrected chi connectivity index (χ1v) is 5.97. The molecule has 1 fully saturated rings. The minimum atomic E-state index is -0.480. The molecule has 2 rings (SSSR count). The molecule has 0 saturated carbocycles. The maximum Gasteiger partial charge on any atom is 0.358 e. The van der Waals surface area contributed by atoms with E-state index < -0.39 is 5.97 Å². The van der Waals surface area contributed by atoms with Crippen LogP contribution in [-0.2, 0) is 9.47 Å². The van der Waals surface area contributed by atoms with Gasteiger partial charge in [0, 0.05) is 18.6 Å². The van der Waals surface area contributed by atoms with Crippen LogP contribution >= 0.6 is 0 Å². The quantitative estimate of drug-likeness (QED) is 0.808. The molecule has 0 bridgehead atoms. The van der Waals surface area contributed by atoms with Gasteiger partial charge in [0.15, 0.2) is 5.69 Å². The number of methoxy groups -OCH3 is 1. The summed E-state index contributed by atoms with van der Waals surface area (Å²) in [6.45, 7) is 3.70.